The molecule has 138 valence electrons. The van der Waals surface area contributed by atoms with E-state index >= 15 is 0 Å². The minimum atomic E-state index is -0.602. The first-order valence-corrected chi connectivity index (χ1v) is 9.08. The Balaban J connectivity index is 2.43. The molecule has 0 aromatic heterocycles. The molecule has 0 heterocycles. The molecule has 0 N–H and O–H groups in total. The number of hydrogen-bond donors (Lipinski definition) is 0. The Morgan fingerprint density at radius 2 is 1.19 bits per heavy atom. The summed E-state index contributed by atoms with van der Waals surface area (Å²) in [4.78, 5) is 26.2. The molecule has 4 nitrogen and oxygen atoms in total. The molecule has 2 aromatic rings. The highest BCUT2D eigenvalue weighted by Gasteiger charge is 2.35. The van der Waals surface area contributed by atoms with E-state index in [-0.39, 0.29) is 11.8 Å². The van der Waals surface area contributed by atoms with Gasteiger partial charge in [-0.15, -0.1) is 0 Å². The molecule has 2 rings (SSSR count). The Bertz CT molecular complexity index is 781. The Morgan fingerprint density at radius 3 is 1.54 bits per heavy atom. The SMILES string of the molecule is CCN(C(=O)c1ccc(Cl)cc1)N(C(=O)c1ccc(Cl)cc1)C(C)(C)C. The second-order valence-electron chi connectivity index (χ2n) is 6.82. The van der Waals surface area contributed by atoms with Crippen molar-refractivity contribution in [3.05, 3.63) is 69.7 Å². The number of halogens is 2. The molecule has 0 saturated carbocycles. The topological polar surface area (TPSA) is 40.6 Å². The van der Waals surface area contributed by atoms with Gasteiger partial charge in [0, 0.05) is 27.7 Å². The fourth-order valence-corrected chi connectivity index (χ4v) is 2.86. The second kappa shape index (κ2) is 8.11. The third-order valence-corrected chi connectivity index (χ3v) is 4.29. The van der Waals surface area contributed by atoms with Crippen molar-refractivity contribution in [1.82, 2.24) is 10.0 Å². The van der Waals surface area contributed by atoms with Crippen LogP contribution in [-0.2, 0) is 0 Å². The molecule has 0 unspecified atom stereocenters. The molecular formula is C20H22Cl2N2O2. The number of nitrogens with zero attached hydrogens (tertiary/aromatic N) is 2. The first kappa shape index (κ1) is 20.3. The molecule has 6 heteroatoms. The van der Waals surface area contributed by atoms with E-state index in [0.29, 0.717) is 27.7 Å². The zero-order chi connectivity index (χ0) is 19.5. The van der Waals surface area contributed by atoms with Gasteiger partial charge >= 0.3 is 0 Å². The van der Waals surface area contributed by atoms with Gasteiger partial charge in [0.05, 0.1) is 5.54 Å². The van der Waals surface area contributed by atoms with Gasteiger partial charge in [-0.05, 0) is 76.2 Å². The maximum absolute atomic E-state index is 13.2. The lowest BCUT2D eigenvalue weighted by atomic mass is 10.1. The summed E-state index contributed by atoms with van der Waals surface area (Å²) in [6.45, 7) is 7.84. The smallest absolute Gasteiger partial charge is 0.267 e. The highest BCUT2D eigenvalue weighted by atomic mass is 35.5. The number of carbonyl (C=O) groups excluding carboxylic acids is 2. The van der Waals surface area contributed by atoms with Gasteiger partial charge in [-0.1, -0.05) is 23.2 Å². The van der Waals surface area contributed by atoms with E-state index in [1.54, 1.807) is 48.5 Å². The molecule has 0 saturated heterocycles. The monoisotopic (exact) mass is 392 g/mol. The predicted molar refractivity (Wildman–Crippen MR) is 106 cm³/mol. The lowest BCUT2D eigenvalue weighted by Gasteiger charge is -2.43. The number of hydrazine groups is 1. The summed E-state index contributed by atoms with van der Waals surface area (Å²) >= 11 is 11.8. The summed E-state index contributed by atoms with van der Waals surface area (Å²) in [5, 5.41) is 4.05. The second-order valence-corrected chi connectivity index (χ2v) is 7.70. The third kappa shape index (κ3) is 4.57. The minimum Gasteiger partial charge on any atom is -0.267 e. The zero-order valence-corrected chi connectivity index (χ0v) is 16.8. The third-order valence-electron chi connectivity index (χ3n) is 3.79. The lowest BCUT2D eigenvalue weighted by Crippen LogP contribution is -2.58. The summed E-state index contributed by atoms with van der Waals surface area (Å²) in [6, 6.07) is 13.3. The number of hydrogen-bond acceptors (Lipinski definition) is 2. The number of rotatable bonds is 3. The van der Waals surface area contributed by atoms with Crippen LogP contribution >= 0.6 is 23.2 Å². The van der Waals surface area contributed by atoms with Gasteiger partial charge in [0.25, 0.3) is 11.8 Å². The van der Waals surface area contributed by atoms with Gasteiger partial charge in [0.15, 0.2) is 0 Å². The Labute approximate surface area is 164 Å². The van der Waals surface area contributed by atoms with Crippen LogP contribution in [-0.4, -0.2) is 33.9 Å². The quantitative estimate of drug-likeness (QED) is 0.663. The standard InChI is InChI=1S/C20H22Cl2N2O2/c1-5-23(18(25)14-6-10-16(21)11-7-14)24(20(2,3)4)19(26)15-8-12-17(22)13-9-15/h6-13H,5H2,1-4H3. The van der Waals surface area contributed by atoms with Crippen molar-refractivity contribution in [3.63, 3.8) is 0 Å². The molecule has 0 atom stereocenters. The van der Waals surface area contributed by atoms with Crippen LogP contribution in [0.15, 0.2) is 48.5 Å². The van der Waals surface area contributed by atoms with Crippen molar-refractivity contribution in [1.29, 1.82) is 0 Å². The summed E-state index contributed by atoms with van der Waals surface area (Å²) in [5.41, 5.74) is 0.329. The van der Waals surface area contributed by atoms with Gasteiger partial charge in [-0.25, -0.2) is 10.0 Å². The van der Waals surface area contributed by atoms with E-state index in [2.05, 4.69) is 0 Å². The average Bonchev–Trinajstić information content (AvgIpc) is 2.58. The summed E-state index contributed by atoms with van der Waals surface area (Å²) < 4.78 is 0. The van der Waals surface area contributed by atoms with Crippen LogP contribution in [0, 0.1) is 0 Å². The van der Waals surface area contributed by atoms with Crippen LogP contribution < -0.4 is 0 Å². The van der Waals surface area contributed by atoms with Crippen molar-refractivity contribution in [2.75, 3.05) is 6.54 Å². The molecule has 2 amide bonds. The lowest BCUT2D eigenvalue weighted by molar-refractivity contribution is -0.0410. The summed E-state index contributed by atoms with van der Waals surface area (Å²) in [6.07, 6.45) is 0. The van der Waals surface area contributed by atoms with Crippen molar-refractivity contribution in [3.8, 4) is 0 Å². The van der Waals surface area contributed by atoms with Crippen molar-refractivity contribution >= 4 is 35.0 Å². The predicted octanol–water partition coefficient (Wildman–Crippen LogP) is 5.31. The average molecular weight is 393 g/mol. The van der Waals surface area contributed by atoms with E-state index in [1.807, 2.05) is 27.7 Å². The number of carbonyl (C=O) groups is 2. The van der Waals surface area contributed by atoms with Crippen LogP contribution in [0.25, 0.3) is 0 Å². The molecule has 0 bridgehead atoms. The maximum atomic E-state index is 13.2. The van der Waals surface area contributed by atoms with E-state index in [4.69, 9.17) is 23.2 Å². The van der Waals surface area contributed by atoms with Gasteiger partial charge in [-0.2, -0.15) is 0 Å². The highest BCUT2D eigenvalue weighted by Crippen LogP contribution is 2.23. The van der Waals surface area contributed by atoms with E-state index < -0.39 is 5.54 Å². The molecule has 26 heavy (non-hydrogen) atoms. The first-order chi connectivity index (χ1) is 12.1. The van der Waals surface area contributed by atoms with Crippen LogP contribution in [0.1, 0.15) is 48.4 Å². The van der Waals surface area contributed by atoms with E-state index in [9.17, 15) is 9.59 Å². The fourth-order valence-electron chi connectivity index (χ4n) is 2.61. The molecular weight excluding hydrogens is 371 g/mol. The fraction of sp³-hybridized carbons (Fsp3) is 0.300. The zero-order valence-electron chi connectivity index (χ0n) is 15.3. The molecule has 0 fully saturated rings. The summed E-state index contributed by atoms with van der Waals surface area (Å²) in [5.74, 6) is -0.528. The van der Waals surface area contributed by atoms with Gasteiger partial charge in [-0.3, -0.25) is 9.59 Å². The largest absolute Gasteiger partial charge is 0.272 e. The summed E-state index contributed by atoms with van der Waals surface area (Å²) in [7, 11) is 0. The maximum Gasteiger partial charge on any atom is 0.272 e. The minimum absolute atomic E-state index is 0.263. The molecule has 0 aliphatic heterocycles. The van der Waals surface area contributed by atoms with Crippen molar-refractivity contribution < 1.29 is 9.59 Å². The molecule has 0 spiro atoms. The Morgan fingerprint density at radius 1 is 0.808 bits per heavy atom. The first-order valence-electron chi connectivity index (χ1n) is 8.32. The normalized spacial score (nSPS) is 11.2. The van der Waals surface area contributed by atoms with Crippen molar-refractivity contribution in [2.24, 2.45) is 0 Å². The molecule has 0 aliphatic carbocycles. The van der Waals surface area contributed by atoms with Gasteiger partial charge < -0.3 is 0 Å². The van der Waals surface area contributed by atoms with Gasteiger partial charge in [0.2, 0.25) is 0 Å². The molecule has 0 aliphatic rings. The Kier molecular flexibility index (Phi) is 6.32. The van der Waals surface area contributed by atoms with Crippen LogP contribution in [0.4, 0.5) is 0 Å². The molecule has 2 aromatic carbocycles. The number of benzene rings is 2. The van der Waals surface area contributed by atoms with Crippen molar-refractivity contribution in [2.45, 2.75) is 33.2 Å². The van der Waals surface area contributed by atoms with E-state index in [0.717, 1.165) is 0 Å². The van der Waals surface area contributed by atoms with Gasteiger partial charge in [0.1, 0.15) is 0 Å². The van der Waals surface area contributed by atoms with Crippen LogP contribution in [0.3, 0.4) is 0 Å². The number of amides is 2. The van der Waals surface area contributed by atoms with E-state index in [1.165, 1.54) is 10.0 Å². The highest BCUT2D eigenvalue weighted by molar-refractivity contribution is 6.31. The van der Waals surface area contributed by atoms with Crippen LogP contribution in [0.2, 0.25) is 10.0 Å². The Hall–Kier alpha value is -2.04. The molecule has 0 radical (unpaired) electrons. The van der Waals surface area contributed by atoms with Crippen LogP contribution in [0.5, 0.6) is 0 Å².